The molecule has 7 aromatic carbocycles. The van der Waals surface area contributed by atoms with E-state index in [-0.39, 0.29) is 17.5 Å². The van der Waals surface area contributed by atoms with Crippen LogP contribution in [0.2, 0.25) is 0 Å². The van der Waals surface area contributed by atoms with Crippen molar-refractivity contribution >= 4 is 80.0 Å². The van der Waals surface area contributed by atoms with Crippen molar-refractivity contribution in [1.29, 1.82) is 0 Å². The number of aromatic nitrogens is 3. The fourth-order valence-electron chi connectivity index (χ4n) is 9.40. The molecule has 62 heavy (non-hydrogen) atoms. The van der Waals surface area contributed by atoms with Crippen molar-refractivity contribution in [2.24, 2.45) is 0 Å². The molecule has 0 saturated heterocycles. The molecule has 0 spiro atoms. The summed E-state index contributed by atoms with van der Waals surface area (Å²) < 4.78 is 7.23. The van der Waals surface area contributed by atoms with E-state index in [1.54, 1.807) is 4.80 Å². The lowest BCUT2D eigenvalue weighted by atomic mass is 9.34. The highest BCUT2D eigenvalue weighted by Crippen LogP contribution is 2.53. The minimum atomic E-state index is -0.127. The smallest absolute Gasteiger partial charge is 0.256 e. The van der Waals surface area contributed by atoms with Crippen LogP contribution in [-0.4, -0.2) is 21.7 Å². The zero-order valence-electron chi connectivity index (χ0n) is 36.7. The van der Waals surface area contributed by atoms with Gasteiger partial charge in [0.05, 0.1) is 17.1 Å². The Kier molecular flexibility index (Phi) is 8.82. The van der Waals surface area contributed by atoms with Gasteiger partial charge < -0.3 is 14.5 Å². The highest BCUT2D eigenvalue weighted by molar-refractivity contribution is 7.99. The predicted molar refractivity (Wildman–Crippen MR) is 260 cm³/mol. The Hall–Kier alpha value is -6.25. The van der Waals surface area contributed by atoms with Crippen molar-refractivity contribution in [2.75, 3.05) is 9.80 Å². The summed E-state index contributed by atoms with van der Waals surface area (Å²) in [7, 11) is 0. The van der Waals surface area contributed by atoms with E-state index in [9.17, 15) is 0 Å². The molecule has 0 atom stereocenters. The number of nitrogens with zero attached hydrogens (tertiary/aromatic N) is 5. The molecule has 0 radical (unpaired) electrons. The number of hydrogen-bond acceptors (Lipinski definition) is 6. The summed E-state index contributed by atoms with van der Waals surface area (Å²) in [5, 5.41) is 10.3. The lowest BCUT2D eigenvalue weighted by Gasteiger charge is -2.41. The van der Waals surface area contributed by atoms with Crippen LogP contribution in [0, 0.1) is 0 Å². The molecule has 6 nitrogen and oxygen atoms in total. The molecule has 0 fully saturated rings. The molecule has 306 valence electrons. The number of benzene rings is 7. The largest absolute Gasteiger partial charge is 0.458 e. The summed E-state index contributed by atoms with van der Waals surface area (Å²) in [6.45, 7) is 17.9. The normalized spacial score (nSPS) is 13.9. The molecule has 8 heteroatoms. The predicted octanol–water partition coefficient (Wildman–Crippen LogP) is 12.5. The molecular formula is C54H50BN5OS. The highest BCUT2D eigenvalue weighted by Gasteiger charge is 2.43. The van der Waals surface area contributed by atoms with Crippen molar-refractivity contribution in [3.63, 3.8) is 0 Å². The quantitative estimate of drug-likeness (QED) is 0.161. The van der Waals surface area contributed by atoms with Gasteiger partial charge in [-0.2, -0.15) is 4.80 Å². The Balaban J connectivity index is 1.12. The van der Waals surface area contributed by atoms with Gasteiger partial charge in [0.1, 0.15) is 22.5 Å². The Bertz CT molecular complexity index is 3040. The second kappa shape index (κ2) is 14.1. The van der Waals surface area contributed by atoms with Crippen LogP contribution in [0.25, 0.3) is 16.7 Å². The molecule has 0 N–H and O–H groups in total. The maximum atomic E-state index is 7.23. The maximum absolute atomic E-state index is 7.23. The van der Waals surface area contributed by atoms with Crippen LogP contribution < -0.4 is 30.9 Å². The van der Waals surface area contributed by atoms with Gasteiger partial charge in [-0.1, -0.05) is 116 Å². The fraction of sp³-hybridized carbons (Fsp3) is 0.222. The first-order valence-corrected chi connectivity index (χ1v) is 22.8. The van der Waals surface area contributed by atoms with Crippen LogP contribution in [0.5, 0.6) is 11.5 Å². The van der Waals surface area contributed by atoms with Gasteiger partial charge >= 0.3 is 0 Å². The minimum Gasteiger partial charge on any atom is -0.458 e. The number of ether oxygens (including phenoxy) is 1. The SMILES string of the molecule is CCc1ccc2c(c1)Sc1cc(CC)ccc1N2c1ccc2c(c1)Oc1cc(C(C)(C)C)cc3c1B2c1cc2nn(-c4ccc(C(C)(C)C)cc4)nc2cc1N3c1ccccc1. The van der Waals surface area contributed by atoms with E-state index in [0.717, 1.165) is 69.3 Å². The third-order valence-corrected chi connectivity index (χ3v) is 14.0. The highest BCUT2D eigenvalue weighted by atomic mass is 32.2. The molecular weight excluding hydrogens is 778 g/mol. The van der Waals surface area contributed by atoms with Crippen molar-refractivity contribution in [1.82, 2.24) is 15.0 Å². The average Bonchev–Trinajstić information content (AvgIpc) is 3.69. The third-order valence-electron chi connectivity index (χ3n) is 12.9. The van der Waals surface area contributed by atoms with E-state index in [2.05, 4.69) is 199 Å². The molecule has 0 bridgehead atoms. The van der Waals surface area contributed by atoms with Gasteiger partial charge in [0.25, 0.3) is 6.71 Å². The second-order valence-electron chi connectivity index (χ2n) is 19.0. The standard InChI is InChI=1S/C54H50BN5OS/c1-9-33-16-24-44-50(26-33)62-51-27-34(10-2)17-25-45(51)59(44)39-22-23-40-48(30-39)61-49-29-36(54(6,7)8)28-47-52(49)55(40)41-31-42-43(32-46(41)58(47)37-14-12-11-13-15-37)57-60(56-42)38-20-18-35(19-21-38)53(3,4)5/h11-32H,9-10H2,1-8H3. The molecule has 1 aromatic heterocycles. The van der Waals surface area contributed by atoms with Gasteiger partial charge in [-0.15, -0.1) is 10.2 Å². The molecule has 4 heterocycles. The zero-order valence-corrected chi connectivity index (χ0v) is 37.6. The molecule has 3 aliphatic heterocycles. The number of hydrogen-bond donors (Lipinski definition) is 0. The average molecular weight is 828 g/mol. The Morgan fingerprint density at radius 2 is 1.13 bits per heavy atom. The Morgan fingerprint density at radius 3 is 1.76 bits per heavy atom. The number of para-hydroxylation sites is 1. The summed E-state index contributed by atoms with van der Waals surface area (Å²) in [4.78, 5) is 9.18. The Labute approximate surface area is 369 Å². The molecule has 11 rings (SSSR count). The van der Waals surface area contributed by atoms with E-state index < -0.39 is 0 Å². The number of aryl methyl sites for hydroxylation is 2. The topological polar surface area (TPSA) is 46.4 Å². The summed E-state index contributed by atoms with van der Waals surface area (Å²) in [5.41, 5.74) is 18.0. The van der Waals surface area contributed by atoms with E-state index in [1.165, 1.54) is 54.3 Å². The van der Waals surface area contributed by atoms with Gasteiger partial charge in [0, 0.05) is 38.6 Å². The summed E-state index contributed by atoms with van der Waals surface area (Å²) in [5.74, 6) is 1.77. The van der Waals surface area contributed by atoms with E-state index in [4.69, 9.17) is 14.9 Å². The number of anilines is 6. The molecule has 0 unspecified atom stereocenters. The van der Waals surface area contributed by atoms with E-state index in [1.807, 2.05) is 11.8 Å². The molecule has 0 aliphatic carbocycles. The maximum Gasteiger partial charge on any atom is 0.256 e. The van der Waals surface area contributed by atoms with Crippen LogP contribution in [-0.2, 0) is 23.7 Å². The third kappa shape index (κ3) is 6.25. The number of fused-ring (bicyclic) bond motifs is 7. The summed E-state index contributed by atoms with van der Waals surface area (Å²) in [6.07, 6.45) is 2.00. The first-order chi connectivity index (χ1) is 29.9. The van der Waals surface area contributed by atoms with Crippen molar-refractivity contribution in [3.8, 4) is 17.2 Å². The van der Waals surface area contributed by atoms with Crippen LogP contribution in [0.1, 0.15) is 77.6 Å². The van der Waals surface area contributed by atoms with Crippen LogP contribution >= 0.6 is 11.8 Å². The van der Waals surface area contributed by atoms with Crippen molar-refractivity contribution in [3.05, 3.63) is 156 Å². The lowest BCUT2D eigenvalue weighted by Crippen LogP contribution is -2.59. The fourth-order valence-corrected chi connectivity index (χ4v) is 10.6. The Morgan fingerprint density at radius 1 is 0.516 bits per heavy atom. The summed E-state index contributed by atoms with van der Waals surface area (Å²) in [6, 6.07) is 49.3. The van der Waals surface area contributed by atoms with Gasteiger partial charge in [-0.3, -0.25) is 0 Å². The molecule has 0 saturated carbocycles. The van der Waals surface area contributed by atoms with Gasteiger partial charge in [-0.05, 0) is 141 Å². The van der Waals surface area contributed by atoms with Crippen LogP contribution in [0.15, 0.2) is 143 Å². The lowest BCUT2D eigenvalue weighted by molar-refractivity contribution is 0.483. The van der Waals surface area contributed by atoms with Gasteiger partial charge in [-0.25, -0.2) is 0 Å². The molecule has 0 amide bonds. The zero-order chi connectivity index (χ0) is 42.7. The van der Waals surface area contributed by atoms with E-state index in [0.29, 0.717) is 0 Å². The van der Waals surface area contributed by atoms with Crippen molar-refractivity contribution in [2.45, 2.75) is 88.9 Å². The second-order valence-corrected chi connectivity index (χ2v) is 20.1. The first kappa shape index (κ1) is 38.7. The van der Waals surface area contributed by atoms with Gasteiger partial charge in [0.15, 0.2) is 0 Å². The monoisotopic (exact) mass is 827 g/mol. The minimum absolute atomic E-state index is 0.0570. The van der Waals surface area contributed by atoms with Crippen molar-refractivity contribution < 1.29 is 4.74 Å². The van der Waals surface area contributed by atoms with Gasteiger partial charge in [0.2, 0.25) is 0 Å². The molecule has 8 aromatic rings. The number of rotatable bonds is 5. The van der Waals surface area contributed by atoms with E-state index >= 15 is 0 Å². The molecule has 3 aliphatic rings. The van der Waals surface area contributed by atoms with Crippen LogP contribution in [0.3, 0.4) is 0 Å². The first-order valence-electron chi connectivity index (χ1n) is 22.0. The van der Waals surface area contributed by atoms with Crippen LogP contribution in [0.4, 0.5) is 34.1 Å². The summed E-state index contributed by atoms with van der Waals surface area (Å²) >= 11 is 1.88.